The molecule has 0 radical (unpaired) electrons. The summed E-state index contributed by atoms with van der Waals surface area (Å²) < 4.78 is 40.0. The smallest absolute Gasteiger partial charge is 0.314 e. The second kappa shape index (κ2) is 2.87. The Kier molecular flexibility index (Phi) is 1.70. The van der Waals surface area contributed by atoms with Crippen LogP contribution in [-0.2, 0) is 0 Å². The van der Waals surface area contributed by atoms with Crippen molar-refractivity contribution in [1.82, 2.24) is 9.55 Å². The molecular formula is C11H7F3N2. The molecule has 82 valence electrons. The summed E-state index contributed by atoms with van der Waals surface area (Å²) in [5.41, 5.74) is 0.841. The fourth-order valence-corrected chi connectivity index (χ4v) is 2.15. The zero-order valence-corrected chi connectivity index (χ0v) is 8.07. The average Bonchev–Trinajstić information content (AvgIpc) is 2.73. The number of hydrogen-bond donors (Lipinski definition) is 0. The first-order valence-electron chi connectivity index (χ1n) is 4.78. The maximum absolute atomic E-state index is 12.9. The second-order valence-corrected chi connectivity index (χ2v) is 3.69. The van der Waals surface area contributed by atoms with E-state index in [1.54, 1.807) is 18.2 Å². The largest absolute Gasteiger partial charge is 0.413 e. The predicted molar refractivity (Wildman–Crippen MR) is 51.9 cm³/mol. The van der Waals surface area contributed by atoms with Crippen molar-refractivity contribution in [1.29, 1.82) is 0 Å². The Labute approximate surface area is 89.3 Å². The Morgan fingerprint density at radius 1 is 1.19 bits per heavy atom. The molecule has 1 atom stereocenters. The van der Waals surface area contributed by atoms with Crippen molar-refractivity contribution < 1.29 is 13.2 Å². The minimum Gasteiger partial charge on any atom is -0.314 e. The van der Waals surface area contributed by atoms with E-state index in [1.165, 1.54) is 23.0 Å². The Bertz CT molecular complexity index is 542. The summed E-state index contributed by atoms with van der Waals surface area (Å²) in [4.78, 5) is 3.96. The third-order valence-corrected chi connectivity index (χ3v) is 2.75. The van der Waals surface area contributed by atoms with E-state index in [4.69, 9.17) is 0 Å². The van der Waals surface area contributed by atoms with Crippen LogP contribution in [0.15, 0.2) is 36.7 Å². The highest BCUT2D eigenvalue weighted by atomic mass is 19.4. The van der Waals surface area contributed by atoms with Crippen LogP contribution in [0.25, 0.3) is 11.4 Å². The summed E-state index contributed by atoms with van der Waals surface area (Å²) in [7, 11) is 0. The van der Waals surface area contributed by atoms with E-state index in [1.807, 2.05) is 0 Å². The zero-order chi connectivity index (χ0) is 11.3. The number of benzene rings is 1. The molecule has 1 aliphatic heterocycles. The fourth-order valence-electron chi connectivity index (χ4n) is 2.15. The molecule has 0 amide bonds. The van der Waals surface area contributed by atoms with Gasteiger partial charge in [0.1, 0.15) is 5.82 Å². The number of aromatic nitrogens is 2. The Morgan fingerprint density at radius 2 is 1.94 bits per heavy atom. The molecule has 0 aliphatic carbocycles. The van der Waals surface area contributed by atoms with Crippen molar-refractivity contribution >= 4 is 0 Å². The third kappa shape index (κ3) is 1.11. The van der Waals surface area contributed by atoms with Gasteiger partial charge in [0.05, 0.1) is 0 Å². The van der Waals surface area contributed by atoms with Gasteiger partial charge in [-0.3, -0.25) is 0 Å². The zero-order valence-electron chi connectivity index (χ0n) is 8.07. The van der Waals surface area contributed by atoms with Crippen LogP contribution in [0.1, 0.15) is 11.6 Å². The molecule has 0 saturated carbocycles. The van der Waals surface area contributed by atoms with Crippen LogP contribution < -0.4 is 0 Å². The van der Waals surface area contributed by atoms with Crippen molar-refractivity contribution in [3.05, 3.63) is 42.2 Å². The van der Waals surface area contributed by atoms with Gasteiger partial charge in [0.15, 0.2) is 6.04 Å². The van der Waals surface area contributed by atoms with Gasteiger partial charge in [-0.25, -0.2) is 4.98 Å². The van der Waals surface area contributed by atoms with Crippen LogP contribution >= 0.6 is 0 Å². The molecular weight excluding hydrogens is 217 g/mol. The number of fused-ring (bicyclic) bond motifs is 3. The minimum absolute atomic E-state index is 0.276. The molecule has 1 unspecified atom stereocenters. The molecule has 2 aromatic rings. The van der Waals surface area contributed by atoms with E-state index < -0.39 is 12.2 Å². The fraction of sp³-hybridized carbons (Fsp3) is 0.182. The maximum Gasteiger partial charge on any atom is 0.413 e. The lowest BCUT2D eigenvalue weighted by molar-refractivity contribution is -0.155. The van der Waals surface area contributed by atoms with Gasteiger partial charge in [-0.05, 0) is 5.56 Å². The molecule has 2 heterocycles. The van der Waals surface area contributed by atoms with Gasteiger partial charge in [-0.15, -0.1) is 0 Å². The van der Waals surface area contributed by atoms with Crippen molar-refractivity contribution in [3.8, 4) is 11.4 Å². The SMILES string of the molecule is FC(F)(F)C1c2ccccc2-c2nccn21. The van der Waals surface area contributed by atoms with Gasteiger partial charge in [0.2, 0.25) is 0 Å². The first kappa shape index (κ1) is 9.45. The van der Waals surface area contributed by atoms with Crippen molar-refractivity contribution in [3.63, 3.8) is 0 Å². The van der Waals surface area contributed by atoms with Gasteiger partial charge >= 0.3 is 6.18 Å². The van der Waals surface area contributed by atoms with Crippen LogP contribution in [0.5, 0.6) is 0 Å². The van der Waals surface area contributed by atoms with E-state index in [9.17, 15) is 13.2 Å². The van der Waals surface area contributed by atoms with E-state index in [-0.39, 0.29) is 5.56 Å². The molecule has 1 aromatic heterocycles. The van der Waals surface area contributed by atoms with Gasteiger partial charge in [-0.1, -0.05) is 24.3 Å². The molecule has 0 spiro atoms. The molecule has 0 bridgehead atoms. The average molecular weight is 224 g/mol. The second-order valence-electron chi connectivity index (χ2n) is 3.69. The van der Waals surface area contributed by atoms with Crippen LogP contribution in [0.4, 0.5) is 13.2 Å². The number of alkyl halides is 3. The Morgan fingerprint density at radius 3 is 2.69 bits per heavy atom. The highest BCUT2D eigenvalue weighted by molar-refractivity contribution is 5.66. The lowest BCUT2D eigenvalue weighted by Crippen LogP contribution is -2.24. The topological polar surface area (TPSA) is 17.8 Å². The molecule has 1 aromatic carbocycles. The van der Waals surface area contributed by atoms with E-state index in [0.29, 0.717) is 11.4 Å². The molecule has 3 rings (SSSR count). The van der Waals surface area contributed by atoms with Crippen LogP contribution in [-0.4, -0.2) is 15.7 Å². The molecule has 0 fully saturated rings. The quantitative estimate of drug-likeness (QED) is 0.672. The van der Waals surface area contributed by atoms with Crippen molar-refractivity contribution in [2.75, 3.05) is 0 Å². The summed E-state index contributed by atoms with van der Waals surface area (Å²) in [6, 6.07) is 4.91. The molecule has 0 N–H and O–H groups in total. The van der Waals surface area contributed by atoms with Crippen LogP contribution in [0.3, 0.4) is 0 Å². The summed E-state index contributed by atoms with van der Waals surface area (Å²) in [6.07, 6.45) is -1.53. The number of hydrogen-bond acceptors (Lipinski definition) is 1. The van der Waals surface area contributed by atoms with E-state index in [0.717, 1.165) is 0 Å². The first-order chi connectivity index (χ1) is 7.59. The molecule has 2 nitrogen and oxygen atoms in total. The minimum atomic E-state index is -4.29. The summed E-state index contributed by atoms with van der Waals surface area (Å²) in [5, 5.41) is 0. The van der Waals surface area contributed by atoms with E-state index >= 15 is 0 Å². The Balaban J connectivity index is 2.29. The van der Waals surface area contributed by atoms with E-state index in [2.05, 4.69) is 4.98 Å². The van der Waals surface area contributed by atoms with Gasteiger partial charge in [-0.2, -0.15) is 13.2 Å². The lowest BCUT2D eigenvalue weighted by Gasteiger charge is -2.17. The highest BCUT2D eigenvalue weighted by Crippen LogP contribution is 2.46. The maximum atomic E-state index is 12.9. The summed E-state index contributed by atoms with van der Waals surface area (Å²) >= 11 is 0. The Hall–Kier alpha value is -1.78. The van der Waals surface area contributed by atoms with Gasteiger partial charge in [0.25, 0.3) is 0 Å². The van der Waals surface area contributed by atoms with Gasteiger partial charge in [0, 0.05) is 18.0 Å². The monoisotopic (exact) mass is 224 g/mol. The standard InChI is InChI=1S/C11H7F3N2/c12-11(13,14)9-7-3-1-2-4-8(7)10-15-5-6-16(9)10/h1-6,9H. The molecule has 0 saturated heterocycles. The summed E-state index contributed by atoms with van der Waals surface area (Å²) in [5.74, 6) is 0.387. The van der Waals surface area contributed by atoms with Crippen LogP contribution in [0.2, 0.25) is 0 Å². The first-order valence-corrected chi connectivity index (χ1v) is 4.78. The number of rotatable bonds is 0. The summed E-state index contributed by atoms with van der Waals surface area (Å²) in [6.45, 7) is 0. The molecule has 1 aliphatic rings. The van der Waals surface area contributed by atoms with Crippen LogP contribution in [0, 0.1) is 0 Å². The number of halogens is 3. The number of nitrogens with zero attached hydrogens (tertiary/aromatic N) is 2. The highest BCUT2D eigenvalue weighted by Gasteiger charge is 2.47. The van der Waals surface area contributed by atoms with Gasteiger partial charge < -0.3 is 4.57 Å². The molecule has 5 heteroatoms. The lowest BCUT2D eigenvalue weighted by atomic mass is 10.0. The predicted octanol–water partition coefficient (Wildman–Crippen LogP) is 3.02. The van der Waals surface area contributed by atoms with Crippen molar-refractivity contribution in [2.24, 2.45) is 0 Å². The number of imidazole rings is 1. The normalized spacial score (nSPS) is 18.3. The molecule has 16 heavy (non-hydrogen) atoms. The third-order valence-electron chi connectivity index (χ3n) is 2.75. The van der Waals surface area contributed by atoms with Crippen molar-refractivity contribution in [2.45, 2.75) is 12.2 Å².